The van der Waals surface area contributed by atoms with Crippen molar-refractivity contribution in [2.24, 2.45) is 5.73 Å². The van der Waals surface area contributed by atoms with E-state index in [9.17, 15) is 4.39 Å². The highest BCUT2D eigenvalue weighted by molar-refractivity contribution is 5.61. The van der Waals surface area contributed by atoms with Crippen LogP contribution in [-0.4, -0.2) is 21.7 Å². The minimum Gasteiger partial charge on any atom is -0.334 e. The number of pyridine rings is 1. The molecule has 0 saturated heterocycles. The summed E-state index contributed by atoms with van der Waals surface area (Å²) in [6.07, 6.45) is 1.84. The van der Waals surface area contributed by atoms with Gasteiger partial charge in [0.05, 0.1) is 6.20 Å². The molecule has 5 nitrogen and oxygen atoms in total. The highest BCUT2D eigenvalue weighted by atomic mass is 19.1. The minimum atomic E-state index is -0.407. The van der Waals surface area contributed by atoms with Gasteiger partial charge in [0.1, 0.15) is 11.5 Å². The summed E-state index contributed by atoms with van der Waals surface area (Å²) in [7, 11) is 0. The second-order valence-electron chi connectivity index (χ2n) is 4.48. The van der Waals surface area contributed by atoms with Gasteiger partial charge in [-0.15, -0.1) is 0 Å². The molecule has 21 heavy (non-hydrogen) atoms. The second-order valence-corrected chi connectivity index (χ2v) is 4.48. The second kappa shape index (κ2) is 5.80. The van der Waals surface area contributed by atoms with E-state index in [1.807, 2.05) is 24.3 Å². The van der Waals surface area contributed by atoms with Crippen LogP contribution >= 0.6 is 0 Å². The lowest BCUT2D eigenvalue weighted by Gasteiger charge is -2.03. The number of benzene rings is 1. The molecule has 0 bridgehead atoms. The average molecular weight is 284 g/mol. The van der Waals surface area contributed by atoms with Crippen LogP contribution < -0.4 is 5.73 Å². The van der Waals surface area contributed by atoms with E-state index in [0.717, 1.165) is 23.7 Å². The van der Waals surface area contributed by atoms with Gasteiger partial charge in [-0.2, -0.15) is 4.98 Å². The summed E-state index contributed by atoms with van der Waals surface area (Å²) >= 11 is 0. The molecule has 0 spiro atoms. The Hall–Kier alpha value is -2.60. The van der Waals surface area contributed by atoms with Crippen LogP contribution in [-0.2, 0) is 6.42 Å². The van der Waals surface area contributed by atoms with Gasteiger partial charge in [0.25, 0.3) is 5.89 Å². The fourth-order valence-corrected chi connectivity index (χ4v) is 2.05. The highest BCUT2D eigenvalue weighted by Crippen LogP contribution is 2.24. The summed E-state index contributed by atoms with van der Waals surface area (Å²) in [4.78, 5) is 8.25. The zero-order valence-electron chi connectivity index (χ0n) is 11.2. The molecule has 0 amide bonds. The Bertz CT molecular complexity index is 739. The number of hydrogen-bond donors (Lipinski definition) is 1. The van der Waals surface area contributed by atoms with Crippen molar-refractivity contribution in [3.63, 3.8) is 0 Å². The number of aromatic nitrogens is 3. The number of nitrogens with two attached hydrogens (primary N) is 1. The van der Waals surface area contributed by atoms with Gasteiger partial charge in [-0.05, 0) is 36.7 Å². The zero-order valence-corrected chi connectivity index (χ0v) is 11.2. The predicted octanol–water partition coefficient (Wildman–Crippen LogP) is 2.44. The van der Waals surface area contributed by atoms with Crippen LogP contribution in [0.15, 0.2) is 47.1 Å². The van der Waals surface area contributed by atoms with Gasteiger partial charge in [-0.25, -0.2) is 9.37 Å². The quantitative estimate of drug-likeness (QED) is 0.796. The van der Waals surface area contributed by atoms with E-state index >= 15 is 0 Å². The normalized spacial score (nSPS) is 10.8. The molecule has 2 heterocycles. The van der Waals surface area contributed by atoms with Gasteiger partial charge >= 0.3 is 0 Å². The monoisotopic (exact) mass is 284 g/mol. The Morgan fingerprint density at radius 3 is 2.76 bits per heavy atom. The number of rotatable bonds is 4. The van der Waals surface area contributed by atoms with Crippen LogP contribution in [0.4, 0.5) is 4.39 Å². The Morgan fingerprint density at radius 1 is 1.14 bits per heavy atom. The topological polar surface area (TPSA) is 77.8 Å². The maximum Gasteiger partial charge on any atom is 0.258 e. The largest absolute Gasteiger partial charge is 0.334 e. The first-order valence-electron chi connectivity index (χ1n) is 6.52. The molecule has 0 aliphatic heterocycles. The fraction of sp³-hybridized carbons (Fsp3) is 0.133. The molecule has 3 aromatic rings. The Morgan fingerprint density at radius 2 is 2.00 bits per heavy atom. The van der Waals surface area contributed by atoms with E-state index < -0.39 is 5.82 Å². The van der Waals surface area contributed by atoms with Crippen molar-refractivity contribution in [3.8, 4) is 23.0 Å². The van der Waals surface area contributed by atoms with E-state index in [1.54, 1.807) is 0 Å². The first-order valence-corrected chi connectivity index (χ1v) is 6.52. The first-order chi connectivity index (χ1) is 10.3. The molecule has 0 aliphatic carbocycles. The summed E-state index contributed by atoms with van der Waals surface area (Å²) in [6.45, 7) is 0.539. The third kappa shape index (κ3) is 2.80. The molecule has 0 radical (unpaired) electrons. The first kappa shape index (κ1) is 13.4. The van der Waals surface area contributed by atoms with E-state index in [1.165, 1.54) is 12.1 Å². The van der Waals surface area contributed by atoms with Crippen molar-refractivity contribution in [1.29, 1.82) is 0 Å². The van der Waals surface area contributed by atoms with Crippen molar-refractivity contribution in [3.05, 3.63) is 54.0 Å². The standard InChI is InChI=1S/C15H13FN4O/c16-11-5-6-13(18-9-11)14-19-15(21-20-14)12-4-2-1-3-10(12)7-8-17/h1-6,9H,7-8,17H2. The molecule has 0 unspecified atom stereocenters. The van der Waals surface area contributed by atoms with Gasteiger partial charge in [0, 0.05) is 5.56 Å². The predicted molar refractivity (Wildman–Crippen MR) is 75.7 cm³/mol. The molecular formula is C15H13FN4O. The van der Waals surface area contributed by atoms with Gasteiger partial charge < -0.3 is 10.3 Å². The molecule has 2 aromatic heterocycles. The van der Waals surface area contributed by atoms with Crippen molar-refractivity contribution in [2.75, 3.05) is 6.54 Å². The van der Waals surface area contributed by atoms with Crippen molar-refractivity contribution in [2.45, 2.75) is 6.42 Å². The van der Waals surface area contributed by atoms with E-state index in [4.69, 9.17) is 10.3 Å². The molecule has 6 heteroatoms. The SMILES string of the molecule is NCCc1ccccc1-c1nc(-c2ccc(F)cn2)no1. The van der Waals surface area contributed by atoms with E-state index in [2.05, 4.69) is 15.1 Å². The lowest BCUT2D eigenvalue weighted by Crippen LogP contribution is -2.03. The van der Waals surface area contributed by atoms with Crippen molar-refractivity contribution in [1.82, 2.24) is 15.1 Å². The van der Waals surface area contributed by atoms with E-state index in [0.29, 0.717) is 24.0 Å². The molecule has 2 N–H and O–H groups in total. The number of nitrogens with zero attached hydrogens (tertiary/aromatic N) is 3. The van der Waals surface area contributed by atoms with Crippen LogP contribution in [0.2, 0.25) is 0 Å². The molecule has 0 saturated carbocycles. The fourth-order valence-electron chi connectivity index (χ4n) is 2.05. The summed E-state index contributed by atoms with van der Waals surface area (Å²) < 4.78 is 18.2. The van der Waals surface area contributed by atoms with Gasteiger partial charge in [-0.1, -0.05) is 23.4 Å². The van der Waals surface area contributed by atoms with Crippen molar-refractivity contribution >= 4 is 0 Å². The Kier molecular flexibility index (Phi) is 3.70. The number of hydrogen-bond acceptors (Lipinski definition) is 5. The number of halogens is 1. The Balaban J connectivity index is 1.97. The van der Waals surface area contributed by atoms with Gasteiger partial charge in [0.2, 0.25) is 5.82 Å². The van der Waals surface area contributed by atoms with Crippen LogP contribution in [0.3, 0.4) is 0 Å². The third-order valence-electron chi connectivity index (χ3n) is 3.04. The van der Waals surface area contributed by atoms with Crippen LogP contribution in [0.5, 0.6) is 0 Å². The summed E-state index contributed by atoms with van der Waals surface area (Å²) in [5.74, 6) is 0.323. The molecule has 3 rings (SSSR count). The van der Waals surface area contributed by atoms with Gasteiger partial charge in [-0.3, -0.25) is 0 Å². The van der Waals surface area contributed by atoms with Gasteiger partial charge in [0.15, 0.2) is 0 Å². The molecular weight excluding hydrogens is 271 g/mol. The third-order valence-corrected chi connectivity index (χ3v) is 3.04. The lowest BCUT2D eigenvalue weighted by atomic mass is 10.0. The molecule has 1 aromatic carbocycles. The van der Waals surface area contributed by atoms with E-state index in [-0.39, 0.29) is 0 Å². The summed E-state index contributed by atoms with van der Waals surface area (Å²) in [5.41, 5.74) is 7.96. The average Bonchev–Trinajstić information content (AvgIpc) is 2.99. The molecule has 0 aliphatic rings. The van der Waals surface area contributed by atoms with Crippen LogP contribution in [0, 0.1) is 5.82 Å². The molecule has 106 valence electrons. The lowest BCUT2D eigenvalue weighted by molar-refractivity contribution is 0.431. The maximum atomic E-state index is 12.9. The molecule has 0 fully saturated rings. The smallest absolute Gasteiger partial charge is 0.258 e. The van der Waals surface area contributed by atoms with Crippen LogP contribution in [0.1, 0.15) is 5.56 Å². The summed E-state index contributed by atoms with van der Waals surface area (Å²) in [6, 6.07) is 10.5. The zero-order chi connectivity index (χ0) is 14.7. The summed E-state index contributed by atoms with van der Waals surface area (Å²) in [5, 5.41) is 3.89. The molecule has 0 atom stereocenters. The highest BCUT2D eigenvalue weighted by Gasteiger charge is 2.14. The minimum absolute atomic E-state index is 0.326. The van der Waals surface area contributed by atoms with Crippen molar-refractivity contribution < 1.29 is 8.91 Å². The maximum absolute atomic E-state index is 12.9. The Labute approximate surface area is 120 Å². The van der Waals surface area contributed by atoms with Crippen LogP contribution in [0.25, 0.3) is 23.0 Å².